The summed E-state index contributed by atoms with van der Waals surface area (Å²) in [6, 6.07) is 14.4. The van der Waals surface area contributed by atoms with Gasteiger partial charge in [-0.25, -0.2) is 5.10 Å². The zero-order valence-corrected chi connectivity index (χ0v) is 13.4. The van der Waals surface area contributed by atoms with Gasteiger partial charge in [0.25, 0.3) is 11.5 Å². The summed E-state index contributed by atoms with van der Waals surface area (Å²) in [6.45, 7) is 0.429. The Balaban J connectivity index is 1.88. The molecule has 0 bridgehead atoms. The smallest absolute Gasteiger partial charge is 0.274 e. The van der Waals surface area contributed by atoms with Crippen LogP contribution in [0.15, 0.2) is 53.3 Å². The third-order valence-electron chi connectivity index (χ3n) is 3.82. The monoisotopic (exact) mass is 323 g/mol. The van der Waals surface area contributed by atoms with Gasteiger partial charge in [0.05, 0.1) is 12.5 Å². The summed E-state index contributed by atoms with van der Waals surface area (Å²) in [5.74, 6) is 0.513. The topological polar surface area (TPSA) is 75.3 Å². The second-order valence-corrected chi connectivity index (χ2v) is 5.46. The van der Waals surface area contributed by atoms with Crippen molar-refractivity contribution in [3.8, 4) is 5.75 Å². The summed E-state index contributed by atoms with van der Waals surface area (Å²) in [7, 11) is 3.31. The second-order valence-electron chi connectivity index (χ2n) is 5.46. The minimum absolute atomic E-state index is 0.237. The van der Waals surface area contributed by atoms with Crippen LogP contribution in [0.25, 0.3) is 10.8 Å². The maximum absolute atomic E-state index is 12.7. The fourth-order valence-corrected chi connectivity index (χ4v) is 2.54. The number of aromatic nitrogens is 2. The number of H-pyrrole nitrogens is 1. The van der Waals surface area contributed by atoms with Crippen molar-refractivity contribution in [1.82, 2.24) is 15.1 Å². The largest absolute Gasteiger partial charge is 0.497 e. The zero-order chi connectivity index (χ0) is 17.1. The molecule has 1 aromatic heterocycles. The van der Waals surface area contributed by atoms with E-state index in [0.717, 1.165) is 11.3 Å². The first kappa shape index (κ1) is 15.7. The van der Waals surface area contributed by atoms with Crippen LogP contribution in [0.2, 0.25) is 0 Å². The van der Waals surface area contributed by atoms with Gasteiger partial charge < -0.3 is 9.64 Å². The summed E-state index contributed by atoms with van der Waals surface area (Å²) in [6.07, 6.45) is 0. The minimum Gasteiger partial charge on any atom is -0.497 e. The SMILES string of the molecule is COc1ccc(CN(C)C(=O)c2n[nH]c(=O)c3ccccc23)cc1. The number of carbonyl (C=O) groups excluding carboxylic acids is 1. The Kier molecular flexibility index (Phi) is 4.29. The van der Waals surface area contributed by atoms with Gasteiger partial charge in [0, 0.05) is 19.0 Å². The summed E-state index contributed by atoms with van der Waals surface area (Å²) in [5.41, 5.74) is 0.904. The molecule has 1 amide bonds. The van der Waals surface area contributed by atoms with Crippen LogP contribution in [-0.4, -0.2) is 35.2 Å². The highest BCUT2D eigenvalue weighted by molar-refractivity contribution is 6.04. The predicted molar refractivity (Wildman–Crippen MR) is 91.2 cm³/mol. The first-order valence-corrected chi connectivity index (χ1v) is 7.46. The Morgan fingerprint density at radius 1 is 1.12 bits per heavy atom. The van der Waals surface area contributed by atoms with E-state index < -0.39 is 0 Å². The van der Waals surface area contributed by atoms with Crippen LogP contribution in [0, 0.1) is 0 Å². The molecule has 0 fully saturated rings. The second kappa shape index (κ2) is 6.54. The van der Waals surface area contributed by atoms with Gasteiger partial charge >= 0.3 is 0 Å². The molecule has 0 aliphatic rings. The molecule has 0 radical (unpaired) electrons. The Bertz CT molecular complexity index is 932. The minimum atomic E-state index is -0.306. The number of nitrogens with one attached hydrogen (secondary N) is 1. The number of ether oxygens (including phenoxy) is 1. The first-order chi connectivity index (χ1) is 11.6. The summed E-state index contributed by atoms with van der Waals surface area (Å²) in [4.78, 5) is 26.1. The predicted octanol–water partition coefficient (Wildman–Crippen LogP) is 2.20. The molecular formula is C18H17N3O3. The van der Waals surface area contributed by atoms with Crippen molar-refractivity contribution in [3.63, 3.8) is 0 Å². The number of aromatic amines is 1. The van der Waals surface area contributed by atoms with E-state index in [4.69, 9.17) is 4.74 Å². The molecular weight excluding hydrogens is 306 g/mol. The molecule has 122 valence electrons. The number of hydrogen-bond acceptors (Lipinski definition) is 4. The summed E-state index contributed by atoms with van der Waals surface area (Å²) < 4.78 is 5.13. The molecule has 1 N–H and O–H groups in total. The molecule has 3 aromatic rings. The van der Waals surface area contributed by atoms with Crippen molar-refractivity contribution in [2.45, 2.75) is 6.54 Å². The van der Waals surface area contributed by atoms with Crippen LogP contribution < -0.4 is 10.3 Å². The number of amides is 1. The van der Waals surface area contributed by atoms with Crippen molar-refractivity contribution < 1.29 is 9.53 Å². The number of carbonyl (C=O) groups is 1. The highest BCUT2D eigenvalue weighted by atomic mass is 16.5. The van der Waals surface area contributed by atoms with Crippen LogP contribution in [0.5, 0.6) is 5.75 Å². The number of fused-ring (bicyclic) bond motifs is 1. The van der Waals surface area contributed by atoms with Gasteiger partial charge in [-0.1, -0.05) is 30.3 Å². The standard InChI is InChI=1S/C18H17N3O3/c1-21(11-12-7-9-13(24-2)10-8-12)18(23)16-14-5-3-4-6-15(14)17(22)20-19-16/h3-10H,11H2,1-2H3,(H,20,22). The lowest BCUT2D eigenvalue weighted by Gasteiger charge is -2.17. The van der Waals surface area contributed by atoms with Crippen LogP contribution in [0.3, 0.4) is 0 Å². The third-order valence-corrected chi connectivity index (χ3v) is 3.82. The van der Waals surface area contributed by atoms with Gasteiger partial charge in [0.15, 0.2) is 5.69 Å². The lowest BCUT2D eigenvalue weighted by Crippen LogP contribution is -2.28. The Morgan fingerprint density at radius 2 is 1.79 bits per heavy atom. The van der Waals surface area contributed by atoms with E-state index in [2.05, 4.69) is 10.2 Å². The highest BCUT2D eigenvalue weighted by Gasteiger charge is 2.18. The van der Waals surface area contributed by atoms with Gasteiger partial charge in [-0.3, -0.25) is 9.59 Å². The van der Waals surface area contributed by atoms with Crippen molar-refractivity contribution in [2.24, 2.45) is 0 Å². The van der Waals surface area contributed by atoms with E-state index in [9.17, 15) is 9.59 Å². The Morgan fingerprint density at radius 3 is 2.46 bits per heavy atom. The molecule has 0 saturated heterocycles. The number of benzene rings is 2. The molecule has 24 heavy (non-hydrogen) atoms. The number of hydrogen-bond donors (Lipinski definition) is 1. The van der Waals surface area contributed by atoms with Crippen LogP contribution in [0.1, 0.15) is 16.1 Å². The third kappa shape index (κ3) is 2.99. The number of nitrogens with zero attached hydrogens (tertiary/aromatic N) is 2. The van der Waals surface area contributed by atoms with E-state index in [1.54, 1.807) is 43.3 Å². The normalized spacial score (nSPS) is 10.6. The van der Waals surface area contributed by atoms with Crippen LogP contribution in [-0.2, 0) is 6.54 Å². The maximum atomic E-state index is 12.7. The average Bonchev–Trinajstić information content (AvgIpc) is 2.62. The summed E-state index contributed by atoms with van der Waals surface area (Å²) >= 11 is 0. The lowest BCUT2D eigenvalue weighted by molar-refractivity contribution is 0.0780. The van der Waals surface area contributed by atoms with Crippen LogP contribution >= 0.6 is 0 Å². The van der Waals surface area contributed by atoms with Crippen molar-refractivity contribution in [3.05, 3.63) is 70.1 Å². The fraction of sp³-hybridized carbons (Fsp3) is 0.167. The van der Waals surface area contributed by atoms with Crippen molar-refractivity contribution >= 4 is 16.7 Å². The number of rotatable bonds is 4. The van der Waals surface area contributed by atoms with Crippen molar-refractivity contribution in [1.29, 1.82) is 0 Å². The molecule has 6 heteroatoms. The fourth-order valence-electron chi connectivity index (χ4n) is 2.54. The lowest BCUT2D eigenvalue weighted by atomic mass is 10.1. The molecule has 0 unspecified atom stereocenters. The van der Waals surface area contributed by atoms with E-state index >= 15 is 0 Å². The van der Waals surface area contributed by atoms with Gasteiger partial charge in [-0.15, -0.1) is 0 Å². The van der Waals surface area contributed by atoms with E-state index in [1.165, 1.54) is 0 Å². The zero-order valence-electron chi connectivity index (χ0n) is 13.4. The molecule has 1 heterocycles. The average molecular weight is 323 g/mol. The van der Waals surface area contributed by atoms with Gasteiger partial charge in [-0.05, 0) is 23.8 Å². The van der Waals surface area contributed by atoms with Crippen LogP contribution in [0.4, 0.5) is 0 Å². The van der Waals surface area contributed by atoms with E-state index in [-0.39, 0.29) is 17.2 Å². The van der Waals surface area contributed by atoms with Gasteiger partial charge in [-0.2, -0.15) is 5.10 Å². The quantitative estimate of drug-likeness (QED) is 0.799. The molecule has 6 nitrogen and oxygen atoms in total. The molecule has 0 saturated carbocycles. The molecule has 2 aromatic carbocycles. The van der Waals surface area contributed by atoms with E-state index in [0.29, 0.717) is 17.3 Å². The molecule has 0 aliphatic heterocycles. The molecule has 3 rings (SSSR count). The molecule has 0 spiro atoms. The molecule has 0 atom stereocenters. The highest BCUT2D eigenvalue weighted by Crippen LogP contribution is 2.16. The van der Waals surface area contributed by atoms with Gasteiger partial charge in [0.2, 0.25) is 0 Å². The summed E-state index contributed by atoms with van der Waals surface area (Å²) in [5, 5.41) is 7.34. The van der Waals surface area contributed by atoms with Gasteiger partial charge in [0.1, 0.15) is 5.75 Å². The Labute approximate surface area is 138 Å². The van der Waals surface area contributed by atoms with E-state index in [1.807, 2.05) is 24.3 Å². The Hall–Kier alpha value is -3.15. The van der Waals surface area contributed by atoms with Crippen molar-refractivity contribution in [2.75, 3.05) is 14.2 Å². The molecule has 0 aliphatic carbocycles. The first-order valence-electron chi connectivity index (χ1n) is 7.46. The number of methoxy groups -OCH3 is 1. The maximum Gasteiger partial charge on any atom is 0.274 e.